The Labute approximate surface area is 121 Å². The first-order valence-corrected chi connectivity index (χ1v) is 7.97. The van der Waals surface area contributed by atoms with Gasteiger partial charge in [-0.2, -0.15) is 11.8 Å². The third kappa shape index (κ3) is 4.21. The van der Waals surface area contributed by atoms with Gasteiger partial charge in [-0.25, -0.2) is 0 Å². The summed E-state index contributed by atoms with van der Waals surface area (Å²) in [5, 5.41) is 2.95. The fourth-order valence-corrected chi connectivity index (χ4v) is 2.80. The lowest BCUT2D eigenvalue weighted by Crippen LogP contribution is -2.29. The van der Waals surface area contributed by atoms with Gasteiger partial charge in [0, 0.05) is 22.3 Å². The van der Waals surface area contributed by atoms with Crippen LogP contribution in [0.4, 0.5) is 5.69 Å². The molecule has 0 aromatic heterocycles. The van der Waals surface area contributed by atoms with Gasteiger partial charge in [-0.1, -0.05) is 22.9 Å². The van der Waals surface area contributed by atoms with Crippen molar-refractivity contribution in [3.63, 3.8) is 0 Å². The van der Waals surface area contributed by atoms with E-state index in [1.807, 2.05) is 13.0 Å². The van der Waals surface area contributed by atoms with Crippen molar-refractivity contribution in [2.45, 2.75) is 13.8 Å². The van der Waals surface area contributed by atoms with E-state index in [-0.39, 0.29) is 5.91 Å². The number of nitrogens with two attached hydrogens (primary N) is 1. The van der Waals surface area contributed by atoms with E-state index in [0.717, 1.165) is 15.8 Å². The normalized spacial score (nSPS) is 12.2. The molecule has 0 saturated heterocycles. The number of benzene rings is 1. The molecular weight excluding hydrogens is 312 g/mol. The molecule has 0 heterocycles. The van der Waals surface area contributed by atoms with Crippen LogP contribution in [0.15, 0.2) is 16.6 Å². The van der Waals surface area contributed by atoms with E-state index in [2.05, 4.69) is 34.4 Å². The average molecular weight is 331 g/mol. The van der Waals surface area contributed by atoms with Crippen molar-refractivity contribution in [2.75, 3.05) is 24.3 Å². The second kappa shape index (κ2) is 7.04. The van der Waals surface area contributed by atoms with Crippen LogP contribution in [0.3, 0.4) is 0 Å². The molecule has 0 aliphatic carbocycles. The van der Waals surface area contributed by atoms with Gasteiger partial charge in [0.15, 0.2) is 0 Å². The first kappa shape index (κ1) is 15.4. The third-order valence-corrected chi connectivity index (χ3v) is 4.08. The minimum Gasteiger partial charge on any atom is -0.398 e. The smallest absolute Gasteiger partial charge is 0.251 e. The van der Waals surface area contributed by atoms with Gasteiger partial charge in [-0.05, 0) is 42.5 Å². The second-order valence-corrected chi connectivity index (χ2v) is 6.26. The Morgan fingerprint density at radius 2 is 2.22 bits per heavy atom. The molecule has 1 aromatic carbocycles. The molecule has 0 bridgehead atoms. The lowest BCUT2D eigenvalue weighted by molar-refractivity contribution is 0.0948. The molecule has 0 saturated carbocycles. The largest absolute Gasteiger partial charge is 0.398 e. The molecule has 1 aromatic rings. The molecule has 5 heteroatoms. The molecule has 1 rings (SSSR count). The van der Waals surface area contributed by atoms with Gasteiger partial charge in [0.25, 0.3) is 5.91 Å². The number of nitrogen functional groups attached to an aromatic ring is 1. The number of rotatable bonds is 5. The fourth-order valence-electron chi connectivity index (χ4n) is 1.64. The van der Waals surface area contributed by atoms with Crippen molar-refractivity contribution in [3.8, 4) is 0 Å². The Morgan fingerprint density at radius 3 is 2.83 bits per heavy atom. The Kier molecular flexibility index (Phi) is 6.02. The first-order chi connectivity index (χ1) is 8.45. The molecular formula is C13H19BrN2OS. The predicted octanol–water partition coefficient (Wildman–Crippen LogP) is 3.07. The van der Waals surface area contributed by atoms with E-state index in [4.69, 9.17) is 5.73 Å². The molecule has 100 valence electrons. The number of hydrogen-bond acceptors (Lipinski definition) is 3. The fraction of sp³-hybridized carbons (Fsp3) is 0.462. The molecule has 1 amide bonds. The minimum atomic E-state index is -0.0616. The number of thioether (sulfide) groups is 1. The minimum absolute atomic E-state index is 0.0616. The number of hydrogen-bond donors (Lipinski definition) is 2. The zero-order valence-corrected chi connectivity index (χ0v) is 13.3. The van der Waals surface area contributed by atoms with Gasteiger partial charge in [0.05, 0.1) is 0 Å². The maximum Gasteiger partial charge on any atom is 0.251 e. The van der Waals surface area contributed by atoms with Gasteiger partial charge in [0.1, 0.15) is 0 Å². The molecule has 1 unspecified atom stereocenters. The third-order valence-electron chi connectivity index (χ3n) is 2.72. The Balaban J connectivity index is 2.73. The van der Waals surface area contributed by atoms with Gasteiger partial charge in [-0.3, -0.25) is 4.79 Å². The quantitative estimate of drug-likeness (QED) is 0.816. The van der Waals surface area contributed by atoms with Gasteiger partial charge >= 0.3 is 0 Å². The Bertz CT molecular complexity index is 437. The highest BCUT2D eigenvalue weighted by molar-refractivity contribution is 9.10. The van der Waals surface area contributed by atoms with E-state index >= 15 is 0 Å². The Morgan fingerprint density at radius 1 is 1.56 bits per heavy atom. The van der Waals surface area contributed by atoms with Crippen LogP contribution in [-0.4, -0.2) is 24.5 Å². The van der Waals surface area contributed by atoms with Gasteiger partial charge < -0.3 is 11.1 Å². The van der Waals surface area contributed by atoms with Crippen LogP contribution in [0.1, 0.15) is 22.8 Å². The van der Waals surface area contributed by atoms with Crippen molar-refractivity contribution < 1.29 is 4.79 Å². The maximum absolute atomic E-state index is 12.1. The highest BCUT2D eigenvalue weighted by Gasteiger charge is 2.13. The standard InChI is InChI=1S/C13H19BrN2OS/c1-8(7-18-3)6-16-13(17)11-4-10(14)5-12(15)9(11)2/h4-5,8H,6-7,15H2,1-3H3,(H,16,17). The van der Waals surface area contributed by atoms with Gasteiger partial charge in [0.2, 0.25) is 0 Å². The molecule has 3 nitrogen and oxygen atoms in total. The van der Waals surface area contributed by atoms with E-state index < -0.39 is 0 Å². The number of halogens is 1. The van der Waals surface area contributed by atoms with Crippen LogP contribution in [0.2, 0.25) is 0 Å². The van der Waals surface area contributed by atoms with E-state index in [1.165, 1.54) is 0 Å². The summed E-state index contributed by atoms with van der Waals surface area (Å²) in [5.41, 5.74) is 7.95. The summed E-state index contributed by atoms with van der Waals surface area (Å²) in [6.07, 6.45) is 2.07. The molecule has 3 N–H and O–H groups in total. The summed E-state index contributed by atoms with van der Waals surface area (Å²) in [6.45, 7) is 4.67. The number of carbonyl (C=O) groups excluding carboxylic acids is 1. The Hall–Kier alpha value is -0.680. The van der Waals surface area contributed by atoms with Gasteiger partial charge in [-0.15, -0.1) is 0 Å². The lowest BCUT2D eigenvalue weighted by Gasteiger charge is -2.13. The molecule has 0 fully saturated rings. The molecule has 1 atom stereocenters. The number of amides is 1. The van der Waals surface area contributed by atoms with Crippen molar-refractivity contribution in [1.29, 1.82) is 0 Å². The highest BCUT2D eigenvalue weighted by Crippen LogP contribution is 2.22. The van der Waals surface area contributed by atoms with Crippen LogP contribution >= 0.6 is 27.7 Å². The zero-order valence-electron chi connectivity index (χ0n) is 10.9. The van der Waals surface area contributed by atoms with Crippen LogP contribution in [0, 0.1) is 12.8 Å². The first-order valence-electron chi connectivity index (χ1n) is 5.78. The summed E-state index contributed by atoms with van der Waals surface area (Å²) in [5.74, 6) is 1.45. The predicted molar refractivity (Wildman–Crippen MR) is 83.2 cm³/mol. The highest BCUT2D eigenvalue weighted by atomic mass is 79.9. The van der Waals surface area contributed by atoms with E-state index in [0.29, 0.717) is 23.7 Å². The lowest BCUT2D eigenvalue weighted by atomic mass is 10.1. The van der Waals surface area contributed by atoms with Crippen molar-refractivity contribution in [1.82, 2.24) is 5.32 Å². The van der Waals surface area contributed by atoms with Crippen LogP contribution in [-0.2, 0) is 0 Å². The van der Waals surface area contributed by atoms with Crippen LogP contribution in [0.5, 0.6) is 0 Å². The summed E-state index contributed by atoms with van der Waals surface area (Å²) in [4.78, 5) is 12.1. The van der Waals surface area contributed by atoms with E-state index in [1.54, 1.807) is 17.8 Å². The average Bonchev–Trinajstić information content (AvgIpc) is 2.31. The SMILES string of the molecule is CSCC(C)CNC(=O)c1cc(Br)cc(N)c1C. The molecule has 0 aliphatic rings. The topological polar surface area (TPSA) is 55.1 Å². The molecule has 18 heavy (non-hydrogen) atoms. The second-order valence-electron chi connectivity index (χ2n) is 4.44. The zero-order chi connectivity index (χ0) is 13.7. The summed E-state index contributed by atoms with van der Waals surface area (Å²) >= 11 is 5.14. The van der Waals surface area contributed by atoms with Crippen molar-refractivity contribution >= 4 is 39.3 Å². The van der Waals surface area contributed by atoms with Crippen molar-refractivity contribution in [3.05, 3.63) is 27.7 Å². The van der Waals surface area contributed by atoms with Crippen LogP contribution < -0.4 is 11.1 Å². The molecule has 0 radical (unpaired) electrons. The monoisotopic (exact) mass is 330 g/mol. The summed E-state index contributed by atoms with van der Waals surface area (Å²) in [7, 11) is 0. The molecule has 0 spiro atoms. The number of nitrogens with one attached hydrogen (secondary N) is 1. The summed E-state index contributed by atoms with van der Waals surface area (Å²) < 4.78 is 0.827. The maximum atomic E-state index is 12.1. The van der Waals surface area contributed by atoms with Crippen LogP contribution in [0.25, 0.3) is 0 Å². The number of carbonyl (C=O) groups is 1. The van der Waals surface area contributed by atoms with E-state index in [9.17, 15) is 4.79 Å². The molecule has 0 aliphatic heterocycles. The number of anilines is 1. The summed E-state index contributed by atoms with van der Waals surface area (Å²) in [6, 6.07) is 3.61. The van der Waals surface area contributed by atoms with Crippen molar-refractivity contribution in [2.24, 2.45) is 5.92 Å².